The predicted molar refractivity (Wildman–Crippen MR) is 63.0 cm³/mol. The molecule has 1 aliphatic carbocycles. The van der Waals surface area contributed by atoms with Gasteiger partial charge in [-0.05, 0) is 28.8 Å². The number of hydrogen-bond donors (Lipinski definition) is 1. The molecule has 0 amide bonds. The average molecular weight is 287 g/mol. The van der Waals surface area contributed by atoms with Crippen LogP contribution in [-0.2, 0) is 7.05 Å². The van der Waals surface area contributed by atoms with Crippen molar-refractivity contribution in [2.75, 3.05) is 0 Å². The van der Waals surface area contributed by atoms with Gasteiger partial charge >= 0.3 is 0 Å². The molecule has 5 nitrogen and oxygen atoms in total. The van der Waals surface area contributed by atoms with Crippen LogP contribution in [0.15, 0.2) is 4.60 Å². The summed E-state index contributed by atoms with van der Waals surface area (Å²) >= 11 is 3.24. The Kier molecular flexibility index (Phi) is 3.12. The summed E-state index contributed by atoms with van der Waals surface area (Å²) in [7, 11) is 1.71. The molecule has 0 saturated heterocycles. The molecule has 0 spiro atoms. The second-order valence-electron chi connectivity index (χ2n) is 4.40. The summed E-state index contributed by atoms with van der Waals surface area (Å²) in [5.74, 6) is -0.0495. The summed E-state index contributed by atoms with van der Waals surface area (Å²) in [6.07, 6.45) is 4.71. The number of carbonyl (C=O) groups excluding carboxylic acids is 1. The molecule has 0 unspecified atom stereocenters. The van der Waals surface area contributed by atoms with Crippen molar-refractivity contribution in [1.29, 1.82) is 0 Å². The number of carbonyl (C=O) groups is 1. The highest BCUT2D eigenvalue weighted by Crippen LogP contribution is 2.30. The van der Waals surface area contributed by atoms with Crippen LogP contribution in [0.4, 0.5) is 0 Å². The van der Waals surface area contributed by atoms with Crippen LogP contribution >= 0.6 is 15.9 Å². The quantitative estimate of drug-likeness (QED) is 0.835. The van der Waals surface area contributed by atoms with E-state index in [1.807, 2.05) is 0 Å². The van der Waals surface area contributed by atoms with Gasteiger partial charge in [-0.3, -0.25) is 4.79 Å². The maximum atomic E-state index is 12.4. The van der Waals surface area contributed by atoms with E-state index in [0.29, 0.717) is 10.3 Å². The highest BCUT2D eigenvalue weighted by atomic mass is 79.9. The Morgan fingerprint density at radius 1 is 1.44 bits per heavy atom. The van der Waals surface area contributed by atoms with Crippen molar-refractivity contribution < 1.29 is 4.79 Å². The zero-order chi connectivity index (χ0) is 11.8. The zero-order valence-electron chi connectivity index (χ0n) is 9.24. The van der Waals surface area contributed by atoms with Gasteiger partial charge in [-0.15, -0.1) is 5.10 Å². The number of nitrogens with zero attached hydrogens (tertiary/aromatic N) is 3. The zero-order valence-corrected chi connectivity index (χ0v) is 10.8. The van der Waals surface area contributed by atoms with Crippen molar-refractivity contribution in [3.8, 4) is 0 Å². The first kappa shape index (κ1) is 11.7. The fourth-order valence-corrected chi connectivity index (χ4v) is 2.73. The standard InChI is InChI=1S/C10H15BrN4O/c1-15-7(9(11)13-14-15)8(16)10(12)5-3-2-4-6-10/h2-6,12H2,1H3. The minimum absolute atomic E-state index is 0.0495. The van der Waals surface area contributed by atoms with E-state index in [1.165, 1.54) is 4.68 Å². The van der Waals surface area contributed by atoms with Crippen LogP contribution in [0.2, 0.25) is 0 Å². The molecule has 16 heavy (non-hydrogen) atoms. The van der Waals surface area contributed by atoms with Gasteiger partial charge in [0.15, 0.2) is 4.60 Å². The van der Waals surface area contributed by atoms with Crippen LogP contribution in [0.1, 0.15) is 42.6 Å². The van der Waals surface area contributed by atoms with E-state index in [1.54, 1.807) is 7.05 Å². The Labute approximate surface area is 103 Å². The van der Waals surface area contributed by atoms with Crippen LogP contribution < -0.4 is 5.73 Å². The number of Topliss-reactive ketones (excluding diaryl/α,β-unsaturated/α-hetero) is 1. The maximum Gasteiger partial charge on any atom is 0.203 e. The van der Waals surface area contributed by atoms with Gasteiger partial charge in [-0.1, -0.05) is 24.5 Å². The van der Waals surface area contributed by atoms with E-state index in [0.717, 1.165) is 32.1 Å². The number of ketones is 1. The third-order valence-corrected chi connectivity index (χ3v) is 3.73. The van der Waals surface area contributed by atoms with E-state index in [4.69, 9.17) is 5.73 Å². The van der Waals surface area contributed by atoms with Gasteiger partial charge < -0.3 is 5.73 Å². The molecule has 0 bridgehead atoms. The molecule has 2 rings (SSSR count). The third kappa shape index (κ3) is 1.91. The maximum absolute atomic E-state index is 12.4. The molecule has 1 fully saturated rings. The largest absolute Gasteiger partial charge is 0.319 e. The lowest BCUT2D eigenvalue weighted by molar-refractivity contribution is 0.0837. The Bertz CT molecular complexity index is 389. The SMILES string of the molecule is Cn1nnc(Br)c1C(=O)C1(N)CCCCC1. The van der Waals surface area contributed by atoms with Crippen LogP contribution in [0, 0.1) is 0 Å². The first-order valence-electron chi connectivity index (χ1n) is 5.43. The molecule has 1 aromatic rings. The highest BCUT2D eigenvalue weighted by molar-refractivity contribution is 9.10. The Balaban J connectivity index is 2.31. The van der Waals surface area contributed by atoms with Crippen LogP contribution in [-0.4, -0.2) is 26.3 Å². The van der Waals surface area contributed by atoms with Crippen LogP contribution in [0.25, 0.3) is 0 Å². The van der Waals surface area contributed by atoms with Gasteiger partial charge in [0, 0.05) is 7.05 Å². The summed E-state index contributed by atoms with van der Waals surface area (Å²) < 4.78 is 1.96. The van der Waals surface area contributed by atoms with E-state index in [-0.39, 0.29) is 5.78 Å². The first-order chi connectivity index (χ1) is 7.54. The lowest BCUT2D eigenvalue weighted by atomic mass is 9.78. The number of rotatable bonds is 2. The number of nitrogens with two attached hydrogens (primary N) is 1. The molecular weight excluding hydrogens is 272 g/mol. The fourth-order valence-electron chi connectivity index (χ4n) is 2.22. The Hall–Kier alpha value is -0.750. The molecule has 2 N–H and O–H groups in total. The smallest absolute Gasteiger partial charge is 0.203 e. The number of hydrogen-bond acceptors (Lipinski definition) is 4. The molecule has 1 heterocycles. The highest BCUT2D eigenvalue weighted by Gasteiger charge is 2.38. The van der Waals surface area contributed by atoms with Gasteiger partial charge in [0.1, 0.15) is 5.69 Å². The molecular formula is C10H15BrN4O. The lowest BCUT2D eigenvalue weighted by Crippen LogP contribution is -2.50. The van der Waals surface area contributed by atoms with E-state index in [2.05, 4.69) is 26.2 Å². The fraction of sp³-hybridized carbons (Fsp3) is 0.700. The molecule has 1 aromatic heterocycles. The van der Waals surface area contributed by atoms with Gasteiger partial charge in [-0.2, -0.15) is 0 Å². The minimum atomic E-state index is -0.726. The number of aryl methyl sites for hydroxylation is 1. The number of aromatic nitrogens is 3. The van der Waals surface area contributed by atoms with E-state index < -0.39 is 5.54 Å². The summed E-state index contributed by atoms with van der Waals surface area (Å²) in [6, 6.07) is 0. The molecule has 88 valence electrons. The number of halogens is 1. The Morgan fingerprint density at radius 3 is 2.56 bits per heavy atom. The average Bonchev–Trinajstić information content (AvgIpc) is 2.59. The predicted octanol–water partition coefficient (Wildman–Crippen LogP) is 1.42. The molecule has 0 radical (unpaired) electrons. The second kappa shape index (κ2) is 4.25. The Morgan fingerprint density at radius 2 is 2.06 bits per heavy atom. The van der Waals surface area contributed by atoms with Crippen molar-refractivity contribution in [3.05, 3.63) is 10.3 Å². The third-order valence-electron chi connectivity index (χ3n) is 3.20. The van der Waals surface area contributed by atoms with Gasteiger partial charge in [-0.25, -0.2) is 4.68 Å². The van der Waals surface area contributed by atoms with Gasteiger partial charge in [0.2, 0.25) is 5.78 Å². The molecule has 0 aromatic carbocycles. The summed E-state index contributed by atoms with van der Waals surface area (Å²) in [5, 5.41) is 7.62. The van der Waals surface area contributed by atoms with E-state index in [9.17, 15) is 4.79 Å². The van der Waals surface area contributed by atoms with Crippen molar-refractivity contribution in [1.82, 2.24) is 15.0 Å². The summed E-state index contributed by atoms with van der Waals surface area (Å²) in [6.45, 7) is 0. The topological polar surface area (TPSA) is 73.8 Å². The molecule has 0 aliphatic heterocycles. The monoisotopic (exact) mass is 286 g/mol. The minimum Gasteiger partial charge on any atom is -0.319 e. The first-order valence-corrected chi connectivity index (χ1v) is 6.23. The lowest BCUT2D eigenvalue weighted by Gasteiger charge is -2.31. The van der Waals surface area contributed by atoms with Crippen LogP contribution in [0.5, 0.6) is 0 Å². The van der Waals surface area contributed by atoms with Crippen molar-refractivity contribution in [2.24, 2.45) is 12.8 Å². The summed E-state index contributed by atoms with van der Waals surface area (Å²) in [5.41, 5.74) is 5.94. The van der Waals surface area contributed by atoms with E-state index >= 15 is 0 Å². The van der Waals surface area contributed by atoms with Crippen molar-refractivity contribution in [3.63, 3.8) is 0 Å². The van der Waals surface area contributed by atoms with Crippen molar-refractivity contribution in [2.45, 2.75) is 37.6 Å². The molecule has 1 aliphatic rings. The molecule has 1 saturated carbocycles. The normalized spacial score (nSPS) is 19.7. The summed E-state index contributed by atoms with van der Waals surface area (Å²) in [4.78, 5) is 12.4. The van der Waals surface area contributed by atoms with Gasteiger partial charge in [0.05, 0.1) is 5.54 Å². The van der Waals surface area contributed by atoms with Gasteiger partial charge in [0.25, 0.3) is 0 Å². The second-order valence-corrected chi connectivity index (χ2v) is 5.15. The van der Waals surface area contributed by atoms with Crippen LogP contribution in [0.3, 0.4) is 0 Å². The molecule has 0 atom stereocenters. The van der Waals surface area contributed by atoms with Crippen molar-refractivity contribution >= 4 is 21.7 Å². The molecule has 6 heteroatoms.